The maximum atomic E-state index is 13.6. The second-order valence-electron chi connectivity index (χ2n) is 6.00. The monoisotopic (exact) mass is 403 g/mol. The third-order valence-electron chi connectivity index (χ3n) is 4.38. The Hall–Kier alpha value is -2.48. The third-order valence-corrected chi connectivity index (χ3v) is 4.96. The summed E-state index contributed by atoms with van der Waals surface area (Å²) < 4.78 is 16.1. The lowest BCUT2D eigenvalue weighted by molar-refractivity contribution is 0.0981. The second kappa shape index (κ2) is 5.80. The molecule has 25 heavy (non-hydrogen) atoms. The van der Waals surface area contributed by atoms with Crippen LogP contribution in [-0.4, -0.2) is 40.4 Å². The fourth-order valence-electron chi connectivity index (χ4n) is 3.09. The van der Waals surface area contributed by atoms with E-state index in [1.54, 1.807) is 27.8 Å². The minimum absolute atomic E-state index is 0.216. The van der Waals surface area contributed by atoms with Crippen molar-refractivity contribution in [2.24, 2.45) is 0 Å². The summed E-state index contributed by atoms with van der Waals surface area (Å²) in [5.74, 6) is -0.538. The number of rotatable bonds is 1. The zero-order valence-electron chi connectivity index (χ0n) is 13.7. The van der Waals surface area contributed by atoms with Gasteiger partial charge < -0.3 is 9.80 Å². The zero-order valence-corrected chi connectivity index (χ0v) is 15.3. The number of likely N-dealkylation sites (N-methyl/N-ethyl adjacent to an activating group) is 1. The number of anilines is 2. The van der Waals surface area contributed by atoms with Gasteiger partial charge in [0.2, 0.25) is 0 Å². The summed E-state index contributed by atoms with van der Waals surface area (Å²) in [5.41, 5.74) is 3.07. The standard InChI is InChI=1S/C17H15BrFN5O/c1-10-16-20-8-15(18)24(16)9-12(21-10)17(25)23-6-5-22(2)14-7-11(19)3-4-13(14)23/h3-4,7-9H,5-6H2,1-2H3. The van der Waals surface area contributed by atoms with Crippen molar-refractivity contribution in [3.05, 3.63) is 52.4 Å². The molecule has 0 radical (unpaired) electrons. The first-order valence-corrected chi connectivity index (χ1v) is 8.58. The molecule has 1 aliphatic rings. The molecule has 0 unspecified atom stereocenters. The van der Waals surface area contributed by atoms with Crippen molar-refractivity contribution < 1.29 is 9.18 Å². The average molecular weight is 404 g/mol. The topological polar surface area (TPSA) is 53.7 Å². The molecule has 8 heteroatoms. The van der Waals surface area contributed by atoms with Crippen molar-refractivity contribution in [2.45, 2.75) is 6.92 Å². The highest BCUT2D eigenvalue weighted by molar-refractivity contribution is 9.10. The Morgan fingerprint density at radius 2 is 2.08 bits per heavy atom. The first-order chi connectivity index (χ1) is 12.0. The van der Waals surface area contributed by atoms with E-state index in [0.29, 0.717) is 41.5 Å². The molecule has 2 aromatic heterocycles. The number of nitrogens with zero attached hydrogens (tertiary/aromatic N) is 5. The lowest BCUT2D eigenvalue weighted by Crippen LogP contribution is -2.43. The lowest BCUT2D eigenvalue weighted by atomic mass is 10.1. The number of carbonyl (C=O) groups excluding carboxylic acids is 1. The highest BCUT2D eigenvalue weighted by Crippen LogP contribution is 2.33. The lowest BCUT2D eigenvalue weighted by Gasteiger charge is -2.35. The summed E-state index contributed by atoms with van der Waals surface area (Å²) in [5, 5.41) is 0. The maximum Gasteiger partial charge on any atom is 0.278 e. The van der Waals surface area contributed by atoms with Crippen LogP contribution in [0.25, 0.3) is 5.65 Å². The molecule has 3 heterocycles. The number of fused-ring (bicyclic) bond motifs is 2. The van der Waals surface area contributed by atoms with Crippen molar-refractivity contribution in [1.29, 1.82) is 0 Å². The zero-order chi connectivity index (χ0) is 17.7. The van der Waals surface area contributed by atoms with Gasteiger partial charge in [-0.05, 0) is 41.1 Å². The number of carbonyl (C=O) groups is 1. The van der Waals surface area contributed by atoms with Gasteiger partial charge in [-0.1, -0.05) is 0 Å². The number of halogens is 2. The van der Waals surface area contributed by atoms with Crippen LogP contribution in [-0.2, 0) is 0 Å². The van der Waals surface area contributed by atoms with Crippen LogP contribution in [0.2, 0.25) is 0 Å². The Morgan fingerprint density at radius 3 is 2.88 bits per heavy atom. The predicted octanol–water partition coefficient (Wildman–Crippen LogP) is 3.04. The quantitative estimate of drug-likeness (QED) is 0.626. The van der Waals surface area contributed by atoms with E-state index in [2.05, 4.69) is 25.9 Å². The smallest absolute Gasteiger partial charge is 0.278 e. The van der Waals surface area contributed by atoms with E-state index in [0.717, 1.165) is 4.60 Å². The number of hydrogen-bond acceptors (Lipinski definition) is 4. The third kappa shape index (κ3) is 2.57. The van der Waals surface area contributed by atoms with Crippen LogP contribution >= 0.6 is 15.9 Å². The number of aryl methyl sites for hydroxylation is 1. The molecule has 6 nitrogen and oxygen atoms in total. The van der Waals surface area contributed by atoms with Gasteiger partial charge >= 0.3 is 0 Å². The molecular formula is C17H15BrFN5O. The van der Waals surface area contributed by atoms with Gasteiger partial charge in [0.25, 0.3) is 5.91 Å². The van der Waals surface area contributed by atoms with Gasteiger partial charge in [0.05, 0.1) is 23.3 Å². The largest absolute Gasteiger partial charge is 0.371 e. The molecule has 0 saturated carbocycles. The number of aromatic nitrogens is 3. The highest BCUT2D eigenvalue weighted by Gasteiger charge is 2.28. The summed E-state index contributed by atoms with van der Waals surface area (Å²) >= 11 is 3.42. The fraction of sp³-hybridized carbons (Fsp3) is 0.235. The fourth-order valence-corrected chi connectivity index (χ4v) is 3.46. The molecule has 128 valence electrons. The summed E-state index contributed by atoms with van der Waals surface area (Å²) in [6.07, 6.45) is 3.34. The normalized spacial score (nSPS) is 14.1. The minimum Gasteiger partial charge on any atom is -0.371 e. The van der Waals surface area contributed by atoms with Crippen LogP contribution < -0.4 is 9.80 Å². The molecule has 0 atom stereocenters. The molecule has 0 spiro atoms. The Bertz CT molecular complexity index is 1000. The maximum absolute atomic E-state index is 13.6. The van der Waals surface area contributed by atoms with E-state index < -0.39 is 0 Å². The van der Waals surface area contributed by atoms with Crippen molar-refractivity contribution in [3.63, 3.8) is 0 Å². The van der Waals surface area contributed by atoms with Gasteiger partial charge in [0, 0.05) is 26.3 Å². The van der Waals surface area contributed by atoms with E-state index in [9.17, 15) is 9.18 Å². The Kier molecular flexibility index (Phi) is 3.72. The van der Waals surface area contributed by atoms with Gasteiger partial charge in [0.15, 0.2) is 5.65 Å². The second-order valence-corrected chi connectivity index (χ2v) is 6.81. The van der Waals surface area contributed by atoms with Crippen LogP contribution in [0.3, 0.4) is 0 Å². The first-order valence-electron chi connectivity index (χ1n) is 7.78. The van der Waals surface area contributed by atoms with Gasteiger partial charge in [0.1, 0.15) is 16.1 Å². The average Bonchev–Trinajstić information content (AvgIpc) is 2.97. The molecule has 4 rings (SSSR count). The molecule has 0 bridgehead atoms. The van der Waals surface area contributed by atoms with Crippen LogP contribution in [0.4, 0.5) is 15.8 Å². The van der Waals surface area contributed by atoms with Crippen molar-refractivity contribution in [3.8, 4) is 0 Å². The number of hydrogen-bond donors (Lipinski definition) is 0. The van der Waals surface area contributed by atoms with E-state index >= 15 is 0 Å². The number of imidazole rings is 1. The van der Waals surface area contributed by atoms with Crippen LogP contribution in [0.15, 0.2) is 35.2 Å². The van der Waals surface area contributed by atoms with Crippen molar-refractivity contribution in [1.82, 2.24) is 14.4 Å². The highest BCUT2D eigenvalue weighted by atomic mass is 79.9. The van der Waals surface area contributed by atoms with Crippen molar-refractivity contribution >= 4 is 38.9 Å². The number of benzene rings is 1. The minimum atomic E-state index is -0.322. The Morgan fingerprint density at radius 1 is 1.28 bits per heavy atom. The summed E-state index contributed by atoms with van der Waals surface area (Å²) in [4.78, 5) is 25.4. The molecule has 1 amide bonds. The molecule has 1 aliphatic heterocycles. The van der Waals surface area contributed by atoms with Crippen LogP contribution in [0, 0.1) is 12.7 Å². The van der Waals surface area contributed by atoms with Crippen molar-refractivity contribution in [2.75, 3.05) is 29.9 Å². The molecule has 0 aliphatic carbocycles. The van der Waals surface area contributed by atoms with Gasteiger partial charge in [-0.2, -0.15) is 0 Å². The van der Waals surface area contributed by atoms with Gasteiger partial charge in [-0.3, -0.25) is 9.20 Å². The molecule has 3 aromatic rings. The Balaban J connectivity index is 1.80. The van der Waals surface area contributed by atoms with E-state index in [4.69, 9.17) is 0 Å². The molecule has 1 aromatic carbocycles. The van der Waals surface area contributed by atoms with Crippen LogP contribution in [0.5, 0.6) is 0 Å². The van der Waals surface area contributed by atoms with Crippen LogP contribution in [0.1, 0.15) is 16.2 Å². The summed E-state index contributed by atoms with van der Waals surface area (Å²) in [6, 6.07) is 4.45. The molecule has 0 fully saturated rings. The summed E-state index contributed by atoms with van der Waals surface area (Å²) in [6.45, 7) is 2.95. The Labute approximate surface area is 152 Å². The van der Waals surface area contributed by atoms with Gasteiger partial charge in [-0.15, -0.1) is 0 Å². The van der Waals surface area contributed by atoms with E-state index in [1.807, 2.05) is 18.9 Å². The summed E-state index contributed by atoms with van der Waals surface area (Å²) in [7, 11) is 1.89. The first kappa shape index (κ1) is 16.0. The molecular weight excluding hydrogens is 389 g/mol. The van der Waals surface area contributed by atoms with E-state index in [1.165, 1.54) is 12.1 Å². The molecule has 0 N–H and O–H groups in total. The number of amides is 1. The van der Waals surface area contributed by atoms with E-state index in [-0.39, 0.29) is 11.7 Å². The van der Waals surface area contributed by atoms with Gasteiger partial charge in [-0.25, -0.2) is 14.4 Å². The predicted molar refractivity (Wildman–Crippen MR) is 96.8 cm³/mol. The molecule has 0 saturated heterocycles. The SMILES string of the molecule is Cc1nc(C(=O)N2CCN(C)c3cc(F)ccc32)cn2c(Br)cnc12.